The first-order valence-electron chi connectivity index (χ1n) is 4.44. The van der Waals surface area contributed by atoms with Gasteiger partial charge in [-0.2, -0.15) is 0 Å². The molecule has 0 saturated carbocycles. The number of carbonyl (C=O) groups is 1. The van der Waals surface area contributed by atoms with Gasteiger partial charge in [0.1, 0.15) is 5.54 Å². The van der Waals surface area contributed by atoms with Gasteiger partial charge in [0.2, 0.25) is 0 Å². The highest BCUT2D eigenvalue weighted by molar-refractivity contribution is 7.91. The quantitative estimate of drug-likeness (QED) is 0.685. The zero-order valence-corrected chi connectivity index (χ0v) is 9.17. The molecule has 0 bridgehead atoms. The normalized spacial score (nSPS) is 23.3. The Hall–Kier alpha value is -0.620. The molecule has 0 spiro atoms. The Morgan fingerprint density at radius 3 is 2.07 bits per heavy atom. The van der Waals surface area contributed by atoms with Crippen LogP contribution in [0.3, 0.4) is 0 Å². The molecule has 0 atom stereocenters. The van der Waals surface area contributed by atoms with E-state index in [-0.39, 0.29) is 11.5 Å². The topological polar surface area (TPSA) is 74.7 Å². The molecule has 1 rings (SSSR count). The molecule has 0 amide bonds. The lowest BCUT2D eigenvalue weighted by Crippen LogP contribution is -2.55. The lowest BCUT2D eigenvalue weighted by atomic mass is 10.0. The molecule has 0 aromatic carbocycles. The largest absolute Gasteiger partial charge is 0.480 e. The van der Waals surface area contributed by atoms with Crippen LogP contribution in [0.4, 0.5) is 0 Å². The molecule has 1 aliphatic rings. The summed E-state index contributed by atoms with van der Waals surface area (Å²) in [7, 11) is -2.94. The van der Waals surface area contributed by atoms with Gasteiger partial charge in [0, 0.05) is 13.1 Å². The molecule has 0 aliphatic carbocycles. The van der Waals surface area contributed by atoms with Crippen molar-refractivity contribution in [2.24, 2.45) is 0 Å². The van der Waals surface area contributed by atoms with Gasteiger partial charge in [-0.1, -0.05) is 0 Å². The number of carboxylic acid groups (broad SMARTS) is 1. The van der Waals surface area contributed by atoms with Gasteiger partial charge in [0.15, 0.2) is 9.84 Å². The number of rotatable bonds is 2. The van der Waals surface area contributed by atoms with Gasteiger partial charge in [-0.25, -0.2) is 8.42 Å². The fourth-order valence-electron chi connectivity index (χ4n) is 1.41. The van der Waals surface area contributed by atoms with Crippen molar-refractivity contribution in [3.63, 3.8) is 0 Å². The fourth-order valence-corrected chi connectivity index (χ4v) is 2.61. The van der Waals surface area contributed by atoms with Crippen molar-refractivity contribution < 1.29 is 18.3 Å². The van der Waals surface area contributed by atoms with E-state index in [4.69, 9.17) is 5.11 Å². The van der Waals surface area contributed by atoms with Crippen LogP contribution < -0.4 is 0 Å². The van der Waals surface area contributed by atoms with Gasteiger partial charge in [-0.05, 0) is 13.8 Å². The smallest absolute Gasteiger partial charge is 0.323 e. The summed E-state index contributed by atoms with van der Waals surface area (Å²) < 4.78 is 22.2. The van der Waals surface area contributed by atoms with Gasteiger partial charge in [0.05, 0.1) is 11.5 Å². The third kappa shape index (κ3) is 2.24. The third-order valence-corrected chi connectivity index (χ3v) is 4.27. The minimum Gasteiger partial charge on any atom is -0.480 e. The van der Waals surface area contributed by atoms with E-state index in [1.54, 1.807) is 18.7 Å². The van der Waals surface area contributed by atoms with E-state index in [0.717, 1.165) is 0 Å². The monoisotopic (exact) mass is 221 g/mol. The first kappa shape index (κ1) is 11.5. The standard InChI is InChI=1S/C8H15NO4S/c1-8(2,7(10)11)9-3-5-14(12,13)6-4-9/h3-6H2,1-2H3,(H,10,11). The SMILES string of the molecule is CC(C)(C(=O)O)N1CCS(=O)(=O)CC1. The second kappa shape index (κ2) is 3.51. The van der Waals surface area contributed by atoms with E-state index >= 15 is 0 Å². The molecule has 1 aliphatic heterocycles. The van der Waals surface area contributed by atoms with Gasteiger partial charge in [-0.3, -0.25) is 9.69 Å². The molecule has 0 aromatic rings. The van der Waals surface area contributed by atoms with Crippen LogP contribution in [0.2, 0.25) is 0 Å². The lowest BCUT2D eigenvalue weighted by Gasteiger charge is -2.37. The van der Waals surface area contributed by atoms with Gasteiger partial charge in [0.25, 0.3) is 0 Å². The summed E-state index contributed by atoms with van der Waals surface area (Å²) in [5, 5.41) is 8.93. The number of nitrogens with zero attached hydrogens (tertiary/aromatic N) is 1. The molecule has 0 aromatic heterocycles. The van der Waals surface area contributed by atoms with Gasteiger partial charge in [-0.15, -0.1) is 0 Å². The van der Waals surface area contributed by atoms with Crippen LogP contribution in [-0.2, 0) is 14.6 Å². The summed E-state index contributed by atoms with van der Waals surface area (Å²) in [6.07, 6.45) is 0. The van der Waals surface area contributed by atoms with E-state index in [0.29, 0.717) is 13.1 Å². The van der Waals surface area contributed by atoms with Crippen molar-refractivity contribution in [1.82, 2.24) is 4.90 Å². The third-order valence-electron chi connectivity index (χ3n) is 2.66. The molecule has 0 radical (unpaired) electrons. The Balaban J connectivity index is 2.71. The Labute approximate surface area is 83.6 Å². The minimum atomic E-state index is -2.94. The van der Waals surface area contributed by atoms with Crippen LogP contribution in [0, 0.1) is 0 Å². The average Bonchev–Trinajstić information content (AvgIpc) is 2.03. The highest BCUT2D eigenvalue weighted by atomic mass is 32.2. The molecule has 6 heteroatoms. The summed E-state index contributed by atoms with van der Waals surface area (Å²) in [5.41, 5.74) is -0.976. The first-order valence-corrected chi connectivity index (χ1v) is 6.27. The van der Waals surface area contributed by atoms with Gasteiger partial charge >= 0.3 is 5.97 Å². The molecule has 5 nitrogen and oxygen atoms in total. The molecule has 1 heterocycles. The summed E-state index contributed by atoms with van der Waals surface area (Å²) in [5.74, 6) is -0.801. The molecule has 1 saturated heterocycles. The van der Waals surface area contributed by atoms with Crippen LogP contribution in [-0.4, -0.2) is 54.5 Å². The van der Waals surface area contributed by atoms with Crippen molar-refractivity contribution in [1.29, 1.82) is 0 Å². The average molecular weight is 221 g/mol. The first-order chi connectivity index (χ1) is 6.26. The zero-order valence-electron chi connectivity index (χ0n) is 8.36. The van der Waals surface area contributed by atoms with Crippen molar-refractivity contribution in [2.45, 2.75) is 19.4 Å². The summed E-state index contributed by atoms with van der Waals surface area (Å²) in [6.45, 7) is 3.80. The molecular weight excluding hydrogens is 206 g/mol. The fraction of sp³-hybridized carbons (Fsp3) is 0.875. The Morgan fingerprint density at radius 2 is 1.71 bits per heavy atom. The number of carboxylic acids is 1. The Bertz CT molecular complexity index is 319. The lowest BCUT2D eigenvalue weighted by molar-refractivity contribution is -0.149. The Kier molecular flexibility index (Phi) is 2.87. The molecule has 1 N–H and O–H groups in total. The maximum atomic E-state index is 11.1. The molecule has 82 valence electrons. The van der Waals surface area contributed by atoms with Crippen molar-refractivity contribution in [3.8, 4) is 0 Å². The predicted molar refractivity (Wildman–Crippen MR) is 51.9 cm³/mol. The number of hydrogen-bond acceptors (Lipinski definition) is 4. The maximum Gasteiger partial charge on any atom is 0.323 e. The Morgan fingerprint density at radius 1 is 1.29 bits per heavy atom. The number of hydrogen-bond donors (Lipinski definition) is 1. The van der Waals surface area contributed by atoms with Crippen LogP contribution in [0.1, 0.15) is 13.8 Å². The number of sulfone groups is 1. The van der Waals surface area contributed by atoms with E-state index in [2.05, 4.69) is 0 Å². The maximum absolute atomic E-state index is 11.1. The summed E-state index contributed by atoms with van der Waals surface area (Å²) >= 11 is 0. The second-order valence-corrected chi connectivity index (χ2v) is 6.31. The minimum absolute atomic E-state index is 0.0592. The van der Waals surface area contributed by atoms with Crippen molar-refractivity contribution in [2.75, 3.05) is 24.6 Å². The van der Waals surface area contributed by atoms with Crippen LogP contribution >= 0.6 is 0 Å². The zero-order chi connectivity index (χ0) is 11.0. The highest BCUT2D eigenvalue weighted by Gasteiger charge is 2.37. The van der Waals surface area contributed by atoms with E-state index in [9.17, 15) is 13.2 Å². The molecule has 0 unspecified atom stereocenters. The molecule has 14 heavy (non-hydrogen) atoms. The van der Waals surface area contributed by atoms with E-state index < -0.39 is 21.3 Å². The highest BCUT2D eigenvalue weighted by Crippen LogP contribution is 2.17. The van der Waals surface area contributed by atoms with Gasteiger partial charge < -0.3 is 5.11 Å². The van der Waals surface area contributed by atoms with Crippen LogP contribution in [0.25, 0.3) is 0 Å². The summed E-state index contributed by atoms with van der Waals surface area (Å²) in [4.78, 5) is 12.6. The molecular formula is C8H15NO4S. The second-order valence-electron chi connectivity index (χ2n) is 4.00. The summed E-state index contributed by atoms with van der Waals surface area (Å²) in [6, 6.07) is 0. The van der Waals surface area contributed by atoms with Crippen LogP contribution in [0.15, 0.2) is 0 Å². The predicted octanol–water partition coefficient (Wildman–Crippen LogP) is -0.420. The molecule has 1 fully saturated rings. The number of aliphatic carboxylic acids is 1. The van der Waals surface area contributed by atoms with Crippen LogP contribution in [0.5, 0.6) is 0 Å². The van der Waals surface area contributed by atoms with E-state index in [1.807, 2.05) is 0 Å². The van der Waals surface area contributed by atoms with Crippen molar-refractivity contribution in [3.05, 3.63) is 0 Å². The van der Waals surface area contributed by atoms with Crippen molar-refractivity contribution >= 4 is 15.8 Å². The van der Waals surface area contributed by atoms with E-state index in [1.165, 1.54) is 0 Å².